The quantitative estimate of drug-likeness (QED) is 0.258. The van der Waals surface area contributed by atoms with E-state index in [4.69, 9.17) is 5.73 Å². The second-order valence-electron chi connectivity index (χ2n) is 6.55. The molecule has 16 heteroatoms. The lowest BCUT2D eigenvalue weighted by molar-refractivity contribution is -0.189. The number of nitrogens with zero attached hydrogens (tertiary/aromatic N) is 3. The summed E-state index contributed by atoms with van der Waals surface area (Å²) in [5.74, 6) is -4.77. The summed E-state index contributed by atoms with van der Waals surface area (Å²) in [7, 11) is -2.46. The van der Waals surface area contributed by atoms with Gasteiger partial charge in [-0.15, -0.1) is 0 Å². The van der Waals surface area contributed by atoms with Crippen molar-refractivity contribution in [3.05, 3.63) is 54.4 Å². The minimum absolute atomic E-state index is 0.0307. The van der Waals surface area contributed by atoms with E-state index in [9.17, 15) is 31.2 Å². The second kappa shape index (κ2) is 9.90. The van der Waals surface area contributed by atoms with Gasteiger partial charge in [-0.25, -0.2) is 27.9 Å². The number of carbonyl (C=O) groups is 2. The van der Waals surface area contributed by atoms with E-state index in [0.717, 1.165) is 12.4 Å². The molecule has 0 aliphatic rings. The largest absolute Gasteiger partial charge is 0.491 e. The third-order valence-electron chi connectivity index (χ3n) is 4.19. The molecule has 0 atom stereocenters. The van der Waals surface area contributed by atoms with Gasteiger partial charge in [0.05, 0.1) is 16.1 Å². The Bertz CT molecular complexity index is 1380. The molecule has 2 aromatic carbocycles. The first-order valence-corrected chi connectivity index (χ1v) is 10.9. The zero-order valence-electron chi connectivity index (χ0n) is 17.6. The smallest absolute Gasteiger partial charge is 0.417 e. The van der Waals surface area contributed by atoms with Gasteiger partial charge < -0.3 is 21.1 Å². The number of esters is 1. The van der Waals surface area contributed by atoms with Crippen LogP contribution in [0.1, 0.15) is 10.4 Å². The standard InChI is InChI=1S/C19H16F3N7O5S/c1-24-35(32,33)11-5-2-4-10(8-11)27-17-25-9-26-18(29-17)28-13-7-3-6-12(15(23)30)14(13)34-16(31)19(20,21)22/h2-9,24H,1H3,(H2,23,30)(H2,25,26,27,28,29). The monoisotopic (exact) mass is 511 g/mol. The SMILES string of the molecule is CNS(=O)(=O)c1cccc(Nc2ncnc(Nc3cccc(C(N)=O)c3OC(=O)C(F)(F)F)n2)c1. The average molecular weight is 511 g/mol. The number of carbonyl (C=O) groups excluding carboxylic acids is 2. The van der Waals surface area contributed by atoms with Crippen molar-refractivity contribution in [1.29, 1.82) is 0 Å². The lowest BCUT2D eigenvalue weighted by Crippen LogP contribution is -2.29. The molecule has 0 bridgehead atoms. The third kappa shape index (κ3) is 6.18. The second-order valence-corrected chi connectivity index (χ2v) is 8.44. The van der Waals surface area contributed by atoms with Gasteiger partial charge in [-0.05, 0) is 37.4 Å². The summed E-state index contributed by atoms with van der Waals surface area (Å²) in [6.07, 6.45) is -4.28. The van der Waals surface area contributed by atoms with Gasteiger partial charge in [-0.1, -0.05) is 12.1 Å². The minimum Gasteiger partial charge on any atom is -0.417 e. The van der Waals surface area contributed by atoms with Gasteiger partial charge in [0.2, 0.25) is 21.9 Å². The summed E-state index contributed by atoms with van der Waals surface area (Å²) in [6, 6.07) is 9.25. The van der Waals surface area contributed by atoms with Crippen LogP contribution in [0.5, 0.6) is 5.75 Å². The summed E-state index contributed by atoms with van der Waals surface area (Å²) < 4.78 is 68.7. The van der Waals surface area contributed by atoms with Crippen molar-refractivity contribution in [2.24, 2.45) is 5.73 Å². The molecule has 0 aliphatic carbocycles. The molecule has 35 heavy (non-hydrogen) atoms. The van der Waals surface area contributed by atoms with Gasteiger partial charge in [0, 0.05) is 5.69 Å². The Morgan fingerprint density at radius 3 is 2.31 bits per heavy atom. The number of amides is 1. The number of alkyl halides is 3. The summed E-state index contributed by atoms with van der Waals surface area (Å²) in [4.78, 5) is 34.7. The van der Waals surface area contributed by atoms with E-state index < -0.39 is 39.4 Å². The number of ether oxygens (including phenoxy) is 1. The third-order valence-corrected chi connectivity index (χ3v) is 5.61. The topological polar surface area (TPSA) is 178 Å². The molecule has 5 N–H and O–H groups in total. The summed E-state index contributed by atoms with van der Waals surface area (Å²) >= 11 is 0. The molecule has 0 radical (unpaired) electrons. The van der Waals surface area contributed by atoms with Gasteiger partial charge in [-0.3, -0.25) is 4.79 Å². The molecule has 1 heterocycles. The number of rotatable bonds is 8. The van der Waals surface area contributed by atoms with Crippen LogP contribution in [0.15, 0.2) is 53.7 Å². The molecular formula is C19H16F3N7O5S. The maximum atomic E-state index is 12.7. The predicted molar refractivity (Wildman–Crippen MR) is 116 cm³/mol. The highest BCUT2D eigenvalue weighted by atomic mass is 32.2. The Kier molecular flexibility index (Phi) is 7.16. The first-order valence-electron chi connectivity index (χ1n) is 9.39. The summed E-state index contributed by atoms with van der Waals surface area (Å²) in [5.41, 5.74) is 4.72. The number of benzene rings is 2. The molecule has 1 amide bonds. The number of nitrogens with two attached hydrogens (primary N) is 1. The van der Waals surface area contributed by atoms with Crippen LogP contribution in [-0.2, 0) is 14.8 Å². The van der Waals surface area contributed by atoms with Crippen molar-refractivity contribution in [3.8, 4) is 5.75 Å². The number of primary amides is 1. The summed E-state index contributed by atoms with van der Waals surface area (Å²) in [6.45, 7) is 0. The number of hydrogen-bond donors (Lipinski definition) is 4. The van der Waals surface area contributed by atoms with Crippen LogP contribution in [0, 0.1) is 0 Å². The number of nitrogens with one attached hydrogen (secondary N) is 3. The molecule has 0 saturated carbocycles. The highest BCUT2D eigenvalue weighted by Gasteiger charge is 2.42. The first-order chi connectivity index (χ1) is 16.4. The number of aromatic nitrogens is 3. The van der Waals surface area contributed by atoms with E-state index >= 15 is 0 Å². The van der Waals surface area contributed by atoms with Crippen molar-refractivity contribution in [3.63, 3.8) is 0 Å². The fourth-order valence-corrected chi connectivity index (χ4v) is 3.39. The maximum Gasteiger partial charge on any atom is 0.491 e. The first kappa shape index (κ1) is 25.3. The molecule has 1 aromatic heterocycles. The van der Waals surface area contributed by atoms with Crippen LogP contribution < -0.4 is 25.8 Å². The van der Waals surface area contributed by atoms with Crippen LogP contribution >= 0.6 is 0 Å². The molecular weight excluding hydrogens is 495 g/mol. The van der Waals surface area contributed by atoms with Crippen molar-refractivity contribution in [2.45, 2.75) is 11.1 Å². The number of anilines is 4. The van der Waals surface area contributed by atoms with E-state index in [2.05, 4.69) is 35.0 Å². The number of para-hydroxylation sites is 1. The lowest BCUT2D eigenvalue weighted by Gasteiger charge is -2.15. The van der Waals surface area contributed by atoms with Crippen LogP contribution in [0.2, 0.25) is 0 Å². The van der Waals surface area contributed by atoms with E-state index in [-0.39, 0.29) is 22.5 Å². The molecule has 0 fully saturated rings. The lowest BCUT2D eigenvalue weighted by atomic mass is 10.1. The zero-order valence-corrected chi connectivity index (χ0v) is 18.4. The minimum atomic E-state index is -5.33. The van der Waals surface area contributed by atoms with Gasteiger partial charge >= 0.3 is 12.1 Å². The Morgan fingerprint density at radius 2 is 1.69 bits per heavy atom. The molecule has 3 aromatic rings. The van der Waals surface area contributed by atoms with E-state index in [1.54, 1.807) is 0 Å². The fourth-order valence-electron chi connectivity index (χ4n) is 2.62. The predicted octanol–water partition coefficient (Wildman–Crippen LogP) is 1.83. The van der Waals surface area contributed by atoms with E-state index in [1.807, 2.05) is 0 Å². The maximum absolute atomic E-state index is 12.7. The number of sulfonamides is 1. The molecule has 184 valence electrons. The Balaban J connectivity index is 1.90. The normalized spacial score (nSPS) is 11.5. The van der Waals surface area contributed by atoms with Crippen molar-refractivity contribution in [1.82, 2.24) is 19.7 Å². The van der Waals surface area contributed by atoms with E-state index in [1.165, 1.54) is 43.4 Å². The zero-order chi connectivity index (χ0) is 25.8. The number of halogens is 3. The van der Waals surface area contributed by atoms with Gasteiger partial charge in [0.25, 0.3) is 5.91 Å². The highest BCUT2D eigenvalue weighted by Crippen LogP contribution is 2.33. The van der Waals surface area contributed by atoms with Gasteiger partial charge in [0.15, 0.2) is 5.75 Å². The van der Waals surface area contributed by atoms with E-state index in [0.29, 0.717) is 5.69 Å². The summed E-state index contributed by atoms with van der Waals surface area (Å²) in [5, 5.41) is 5.30. The molecule has 0 saturated heterocycles. The molecule has 0 spiro atoms. The average Bonchev–Trinajstić information content (AvgIpc) is 2.79. The Hall–Kier alpha value is -4.31. The molecule has 12 nitrogen and oxygen atoms in total. The number of hydrogen-bond acceptors (Lipinski definition) is 10. The Morgan fingerprint density at radius 1 is 1.03 bits per heavy atom. The molecule has 0 unspecified atom stereocenters. The van der Waals surface area contributed by atoms with Crippen molar-refractivity contribution in [2.75, 3.05) is 17.7 Å². The van der Waals surface area contributed by atoms with Crippen LogP contribution in [0.3, 0.4) is 0 Å². The Labute approximate surface area is 195 Å². The highest BCUT2D eigenvalue weighted by molar-refractivity contribution is 7.89. The fraction of sp³-hybridized carbons (Fsp3) is 0.105. The molecule has 3 rings (SSSR count). The van der Waals surface area contributed by atoms with Crippen LogP contribution in [0.4, 0.5) is 36.4 Å². The molecule has 0 aliphatic heterocycles. The van der Waals surface area contributed by atoms with Crippen LogP contribution in [-0.4, -0.2) is 48.5 Å². The van der Waals surface area contributed by atoms with Crippen LogP contribution in [0.25, 0.3) is 0 Å². The van der Waals surface area contributed by atoms with Crippen molar-refractivity contribution < 1.29 is 35.9 Å². The van der Waals surface area contributed by atoms with Gasteiger partial charge in [-0.2, -0.15) is 18.2 Å². The van der Waals surface area contributed by atoms with Crippen molar-refractivity contribution >= 4 is 45.2 Å². The van der Waals surface area contributed by atoms with Gasteiger partial charge in [0.1, 0.15) is 6.33 Å².